The maximum atomic E-state index is 10.4. The number of rotatable bonds is 3. The molecule has 64 valence electrons. The Morgan fingerprint density at radius 2 is 1.82 bits per heavy atom. The average Bonchev–Trinajstić information content (AvgIpc) is 1.85. The highest BCUT2D eigenvalue weighted by Gasteiger charge is 2.42. The van der Waals surface area contributed by atoms with E-state index >= 15 is 0 Å². The molecule has 0 heterocycles. The molecule has 2 N–H and O–H groups in total. The fraction of sp³-hybridized carbons (Fsp3) is 0.600. The molecule has 0 rings (SSSR count). The maximum absolute atomic E-state index is 10.4. The van der Waals surface area contributed by atoms with Crippen LogP contribution in [0, 0.1) is 0 Å². The van der Waals surface area contributed by atoms with Gasteiger partial charge in [0, 0.05) is 0 Å². The zero-order valence-electron chi connectivity index (χ0n) is 5.54. The summed E-state index contributed by atoms with van der Waals surface area (Å²) in [6.45, 7) is 1.27. The van der Waals surface area contributed by atoms with Crippen LogP contribution in [0.4, 0.5) is 0 Å². The first-order valence-electron chi connectivity index (χ1n) is 2.59. The lowest BCUT2D eigenvalue weighted by atomic mass is 10.1. The predicted octanol–water partition coefficient (Wildman–Crippen LogP) is 1.07. The van der Waals surface area contributed by atoms with Crippen LogP contribution >= 0.6 is 31.9 Å². The lowest BCUT2D eigenvalue weighted by Gasteiger charge is -2.19. The summed E-state index contributed by atoms with van der Waals surface area (Å²) in [6, 6.07) is 0. The van der Waals surface area contributed by atoms with E-state index in [-0.39, 0.29) is 0 Å². The van der Waals surface area contributed by atoms with Crippen molar-refractivity contribution in [2.75, 3.05) is 0 Å². The van der Waals surface area contributed by atoms with E-state index < -0.39 is 21.1 Å². The Bertz CT molecular complexity index is 189. The van der Waals surface area contributed by atoms with Gasteiger partial charge < -0.3 is 10.2 Å². The van der Waals surface area contributed by atoms with E-state index in [2.05, 4.69) is 31.9 Å². The van der Waals surface area contributed by atoms with Crippen LogP contribution in [0.1, 0.15) is 6.92 Å². The minimum Gasteiger partial charge on any atom is -0.480 e. The number of hydrogen-bond acceptors (Lipinski definition) is 2. The second-order valence-electron chi connectivity index (χ2n) is 2.08. The summed E-state index contributed by atoms with van der Waals surface area (Å²) in [5, 5.41) is 16.9. The van der Waals surface area contributed by atoms with Gasteiger partial charge in [0.15, 0.2) is 0 Å². The highest BCUT2D eigenvalue weighted by molar-refractivity contribution is 9.13. The molecule has 0 aromatic rings. The highest BCUT2D eigenvalue weighted by Crippen LogP contribution is 2.28. The van der Waals surface area contributed by atoms with Crippen molar-refractivity contribution < 1.29 is 19.8 Å². The molecule has 6 heteroatoms. The van der Waals surface area contributed by atoms with Crippen molar-refractivity contribution in [3.63, 3.8) is 0 Å². The number of carboxylic acids is 2. The van der Waals surface area contributed by atoms with Gasteiger partial charge in [0.25, 0.3) is 0 Å². The lowest BCUT2D eigenvalue weighted by molar-refractivity contribution is -0.144. The molecule has 0 fully saturated rings. The summed E-state index contributed by atoms with van der Waals surface area (Å²) < 4.78 is -1.47. The van der Waals surface area contributed by atoms with E-state index in [1.807, 2.05) is 0 Å². The number of alkyl halides is 2. The summed E-state index contributed by atoms with van der Waals surface area (Å²) in [5.41, 5.74) is 0. The third kappa shape index (κ3) is 2.44. The summed E-state index contributed by atoms with van der Waals surface area (Å²) >= 11 is 5.52. The molecule has 0 saturated carbocycles. The second-order valence-corrected chi connectivity index (χ2v) is 4.64. The van der Waals surface area contributed by atoms with Crippen LogP contribution in [0.3, 0.4) is 0 Å². The van der Waals surface area contributed by atoms with Gasteiger partial charge in [-0.25, -0.2) is 0 Å². The first-order valence-corrected chi connectivity index (χ1v) is 4.30. The molecule has 0 aliphatic heterocycles. The topological polar surface area (TPSA) is 74.6 Å². The van der Waals surface area contributed by atoms with Crippen molar-refractivity contribution in [1.29, 1.82) is 0 Å². The molecule has 0 aliphatic carbocycles. The molecule has 0 saturated heterocycles. The molecule has 0 aromatic carbocycles. The summed E-state index contributed by atoms with van der Waals surface area (Å²) in [7, 11) is 0. The Labute approximate surface area is 79.8 Å². The third-order valence-electron chi connectivity index (χ3n) is 1.11. The number of aliphatic carboxylic acids is 2. The minimum absolute atomic E-state index is 1.15. The zero-order valence-corrected chi connectivity index (χ0v) is 8.72. The van der Waals surface area contributed by atoms with Crippen molar-refractivity contribution in [3.8, 4) is 0 Å². The molecule has 11 heavy (non-hydrogen) atoms. The molecular weight excluding hydrogens is 284 g/mol. The van der Waals surface area contributed by atoms with E-state index in [1.165, 1.54) is 6.92 Å². The summed E-state index contributed by atoms with van der Waals surface area (Å²) in [5.74, 6) is -2.44. The molecule has 0 unspecified atom stereocenters. The number of carbonyl (C=O) groups is 2. The molecule has 4 nitrogen and oxygen atoms in total. The quantitative estimate of drug-likeness (QED) is 0.762. The molecule has 0 aromatic heterocycles. The van der Waals surface area contributed by atoms with Gasteiger partial charge in [0.2, 0.25) is 0 Å². The predicted molar refractivity (Wildman–Crippen MR) is 45.3 cm³/mol. The van der Waals surface area contributed by atoms with Gasteiger partial charge in [-0.05, 0) is 6.92 Å². The van der Waals surface area contributed by atoms with Crippen LogP contribution in [0.2, 0.25) is 0 Å². The summed E-state index contributed by atoms with van der Waals surface area (Å²) in [6.07, 6.45) is 0. The average molecular weight is 290 g/mol. The third-order valence-corrected chi connectivity index (χ3v) is 3.83. The Hall–Kier alpha value is -0.100. The van der Waals surface area contributed by atoms with E-state index in [0.29, 0.717) is 0 Å². The Morgan fingerprint density at radius 1 is 1.45 bits per heavy atom. The first kappa shape index (κ1) is 10.9. The van der Waals surface area contributed by atoms with Crippen LogP contribution in [-0.2, 0) is 9.59 Å². The number of halogens is 2. The van der Waals surface area contributed by atoms with Crippen LogP contribution < -0.4 is 0 Å². The standard InChI is InChI=1S/C5H6Br2O4/c1-5(7,4(10)11)2(6)3(8)9/h2H,1H3,(H,8,9)(H,10,11)/t2-,5+/m0/s1. The van der Waals surface area contributed by atoms with Crippen molar-refractivity contribution in [2.45, 2.75) is 16.1 Å². The van der Waals surface area contributed by atoms with Crippen LogP contribution in [-0.4, -0.2) is 31.3 Å². The van der Waals surface area contributed by atoms with Gasteiger partial charge >= 0.3 is 11.9 Å². The van der Waals surface area contributed by atoms with Gasteiger partial charge in [-0.1, -0.05) is 31.9 Å². The Morgan fingerprint density at radius 3 is 1.91 bits per heavy atom. The van der Waals surface area contributed by atoms with Gasteiger partial charge in [0.05, 0.1) is 0 Å². The van der Waals surface area contributed by atoms with E-state index in [0.717, 1.165) is 0 Å². The molecular formula is C5H6Br2O4. The van der Waals surface area contributed by atoms with Gasteiger partial charge in [-0.3, -0.25) is 9.59 Å². The van der Waals surface area contributed by atoms with E-state index in [4.69, 9.17) is 10.2 Å². The van der Waals surface area contributed by atoms with E-state index in [9.17, 15) is 9.59 Å². The van der Waals surface area contributed by atoms with Gasteiger partial charge in [-0.15, -0.1) is 0 Å². The number of carboxylic acid groups (broad SMARTS) is 2. The summed E-state index contributed by atoms with van der Waals surface area (Å²) in [4.78, 5) is 19.6. The normalized spacial score (nSPS) is 18.5. The lowest BCUT2D eigenvalue weighted by Crippen LogP contribution is -2.42. The molecule has 2 atom stereocenters. The number of hydrogen-bond donors (Lipinski definition) is 2. The molecule has 0 aliphatic rings. The molecule has 0 amide bonds. The van der Waals surface area contributed by atoms with Gasteiger partial charge in [0.1, 0.15) is 9.15 Å². The van der Waals surface area contributed by atoms with Crippen LogP contribution in [0.25, 0.3) is 0 Å². The zero-order chi connectivity index (χ0) is 9.23. The van der Waals surface area contributed by atoms with E-state index in [1.54, 1.807) is 0 Å². The Balaban J connectivity index is 4.55. The van der Waals surface area contributed by atoms with Crippen molar-refractivity contribution in [2.24, 2.45) is 0 Å². The van der Waals surface area contributed by atoms with Crippen LogP contribution in [0.15, 0.2) is 0 Å². The van der Waals surface area contributed by atoms with Crippen molar-refractivity contribution in [1.82, 2.24) is 0 Å². The smallest absolute Gasteiger partial charge is 0.321 e. The maximum Gasteiger partial charge on any atom is 0.321 e. The molecule has 0 radical (unpaired) electrons. The molecule has 0 spiro atoms. The van der Waals surface area contributed by atoms with Crippen molar-refractivity contribution >= 4 is 43.8 Å². The van der Waals surface area contributed by atoms with Gasteiger partial charge in [-0.2, -0.15) is 0 Å². The highest BCUT2D eigenvalue weighted by atomic mass is 79.9. The largest absolute Gasteiger partial charge is 0.480 e. The monoisotopic (exact) mass is 288 g/mol. The van der Waals surface area contributed by atoms with Crippen LogP contribution in [0.5, 0.6) is 0 Å². The Kier molecular flexibility index (Phi) is 3.50. The fourth-order valence-electron chi connectivity index (χ4n) is 0.340. The first-order chi connectivity index (χ1) is 4.80. The fourth-order valence-corrected chi connectivity index (χ4v) is 0.732. The second kappa shape index (κ2) is 3.53. The molecule has 0 bridgehead atoms. The van der Waals surface area contributed by atoms with Crippen molar-refractivity contribution in [3.05, 3.63) is 0 Å². The SMILES string of the molecule is C[C@](Br)(C(=O)O)[C@@H](Br)C(=O)O. The minimum atomic E-state index is -1.47.